The Hall–Kier alpha value is -4.90. The lowest BCUT2D eigenvalue weighted by Gasteiger charge is -2.07. The van der Waals surface area contributed by atoms with Gasteiger partial charge in [0, 0.05) is 38.9 Å². The van der Waals surface area contributed by atoms with Gasteiger partial charge in [-0.05, 0) is 30.3 Å². The molecule has 0 atom stereocenters. The zero-order valence-corrected chi connectivity index (χ0v) is 18.5. The quantitative estimate of drug-likeness (QED) is 0.199. The number of rotatable bonds is 3. The molecule has 0 aliphatic rings. The first kappa shape index (κ1) is 19.6. The minimum absolute atomic E-state index is 0.0593. The summed E-state index contributed by atoms with van der Waals surface area (Å²) in [6.07, 6.45) is 0. The van der Waals surface area contributed by atoms with Crippen LogP contribution in [0.1, 0.15) is 0 Å². The van der Waals surface area contributed by atoms with Gasteiger partial charge < -0.3 is 8.98 Å². The average Bonchev–Trinajstić information content (AvgIpc) is 3.45. The molecule has 0 spiro atoms. The molecule has 166 valence electrons. The Morgan fingerprint density at radius 1 is 0.600 bits per heavy atom. The van der Waals surface area contributed by atoms with E-state index in [0.29, 0.717) is 16.7 Å². The second-order valence-electron chi connectivity index (χ2n) is 8.59. The molecule has 0 bridgehead atoms. The lowest BCUT2D eigenvalue weighted by molar-refractivity contribution is -0.384. The molecule has 0 saturated carbocycles. The summed E-state index contributed by atoms with van der Waals surface area (Å²) in [6.45, 7) is 0. The highest BCUT2D eigenvalue weighted by Gasteiger charge is 2.22. The Morgan fingerprint density at radius 3 is 2.11 bits per heavy atom. The van der Waals surface area contributed by atoms with Crippen molar-refractivity contribution in [1.82, 2.24) is 4.57 Å². The van der Waals surface area contributed by atoms with Crippen LogP contribution in [0.25, 0.3) is 60.6 Å². The zero-order valence-electron chi connectivity index (χ0n) is 18.5. The molecule has 0 fully saturated rings. The van der Waals surface area contributed by atoms with E-state index < -0.39 is 0 Å². The molecular formula is C30H18N2O3. The predicted octanol–water partition coefficient (Wildman–Crippen LogP) is 8.26. The van der Waals surface area contributed by atoms with Gasteiger partial charge in [-0.2, -0.15) is 0 Å². The number of para-hydroxylation sites is 4. The van der Waals surface area contributed by atoms with Crippen LogP contribution in [0.15, 0.2) is 114 Å². The van der Waals surface area contributed by atoms with Crippen molar-refractivity contribution in [3.05, 3.63) is 119 Å². The highest BCUT2D eigenvalue weighted by molar-refractivity contribution is 6.22. The normalized spacial score (nSPS) is 11.7. The molecule has 2 aromatic heterocycles. The fraction of sp³-hybridized carbons (Fsp3) is 0. The lowest BCUT2D eigenvalue weighted by Crippen LogP contribution is -1.93. The molecule has 0 amide bonds. The van der Waals surface area contributed by atoms with Crippen LogP contribution in [0.2, 0.25) is 0 Å². The zero-order chi connectivity index (χ0) is 23.5. The smallest absolute Gasteiger partial charge is 0.277 e. The van der Waals surface area contributed by atoms with Crippen molar-refractivity contribution in [2.75, 3.05) is 0 Å². The number of nitro groups is 1. The van der Waals surface area contributed by atoms with Crippen molar-refractivity contribution in [2.45, 2.75) is 0 Å². The number of benzene rings is 5. The third-order valence-electron chi connectivity index (χ3n) is 6.70. The number of nitro benzene ring substituents is 1. The van der Waals surface area contributed by atoms with Crippen molar-refractivity contribution < 1.29 is 9.34 Å². The van der Waals surface area contributed by atoms with E-state index in [1.54, 1.807) is 12.1 Å². The highest BCUT2D eigenvalue weighted by Crippen LogP contribution is 2.43. The summed E-state index contributed by atoms with van der Waals surface area (Å²) < 4.78 is 8.87. The third kappa shape index (κ3) is 2.75. The Morgan fingerprint density at radius 2 is 1.26 bits per heavy atom. The summed E-state index contributed by atoms with van der Waals surface area (Å²) in [4.78, 5) is 11.4. The van der Waals surface area contributed by atoms with Crippen LogP contribution in [-0.4, -0.2) is 9.49 Å². The van der Waals surface area contributed by atoms with Crippen molar-refractivity contribution in [1.29, 1.82) is 0 Å². The number of nitrogens with zero attached hydrogens (tertiary/aromatic N) is 2. The molecule has 0 N–H and O–H groups in total. The first-order chi connectivity index (χ1) is 17.2. The van der Waals surface area contributed by atoms with Gasteiger partial charge in [0.2, 0.25) is 0 Å². The molecule has 5 heteroatoms. The molecule has 0 aliphatic heterocycles. The van der Waals surface area contributed by atoms with Crippen molar-refractivity contribution >= 4 is 49.4 Å². The minimum Gasteiger partial charge on any atom is -0.453 e. The summed E-state index contributed by atoms with van der Waals surface area (Å²) in [5, 5.41) is 15.9. The van der Waals surface area contributed by atoms with Gasteiger partial charge in [0.25, 0.3) is 5.69 Å². The lowest BCUT2D eigenvalue weighted by atomic mass is 10.0. The van der Waals surface area contributed by atoms with Gasteiger partial charge in [0.1, 0.15) is 5.58 Å². The summed E-state index contributed by atoms with van der Waals surface area (Å²) in [5.74, 6) is 0. The van der Waals surface area contributed by atoms with E-state index in [9.17, 15) is 10.1 Å². The second kappa shape index (κ2) is 7.30. The van der Waals surface area contributed by atoms with E-state index in [0.717, 1.165) is 43.8 Å². The van der Waals surface area contributed by atoms with E-state index in [1.165, 1.54) is 6.07 Å². The molecule has 0 aliphatic carbocycles. The maximum absolute atomic E-state index is 11.8. The van der Waals surface area contributed by atoms with Gasteiger partial charge in [-0.3, -0.25) is 10.1 Å². The minimum atomic E-state index is -0.345. The number of hydrogen-bond donors (Lipinski definition) is 0. The first-order valence-corrected chi connectivity index (χ1v) is 11.4. The van der Waals surface area contributed by atoms with Crippen LogP contribution in [0, 0.1) is 10.1 Å². The molecule has 5 nitrogen and oxygen atoms in total. The molecular weight excluding hydrogens is 436 g/mol. The van der Waals surface area contributed by atoms with Gasteiger partial charge in [-0.1, -0.05) is 72.8 Å². The molecule has 0 unspecified atom stereocenters. The molecule has 0 radical (unpaired) electrons. The van der Waals surface area contributed by atoms with Gasteiger partial charge in [-0.15, -0.1) is 0 Å². The topological polar surface area (TPSA) is 61.2 Å². The van der Waals surface area contributed by atoms with Crippen molar-refractivity contribution in [2.24, 2.45) is 0 Å². The van der Waals surface area contributed by atoms with Crippen LogP contribution in [-0.2, 0) is 0 Å². The number of fused-ring (bicyclic) bond motifs is 7. The van der Waals surface area contributed by atoms with Crippen LogP contribution >= 0.6 is 0 Å². The monoisotopic (exact) mass is 454 g/mol. The van der Waals surface area contributed by atoms with Gasteiger partial charge in [-0.25, -0.2) is 0 Å². The first-order valence-electron chi connectivity index (χ1n) is 11.4. The summed E-state index contributed by atoms with van der Waals surface area (Å²) in [5.41, 5.74) is 5.86. The number of furan rings is 1. The fourth-order valence-corrected chi connectivity index (χ4v) is 5.22. The Balaban J connectivity index is 1.65. The summed E-state index contributed by atoms with van der Waals surface area (Å²) in [6, 6.07) is 35.5. The van der Waals surface area contributed by atoms with E-state index >= 15 is 0 Å². The predicted molar refractivity (Wildman–Crippen MR) is 140 cm³/mol. The summed E-state index contributed by atoms with van der Waals surface area (Å²) >= 11 is 0. The van der Waals surface area contributed by atoms with E-state index in [-0.39, 0.29) is 10.6 Å². The number of aromatic nitrogens is 1. The maximum Gasteiger partial charge on any atom is 0.277 e. The molecule has 7 rings (SSSR count). The van der Waals surface area contributed by atoms with Gasteiger partial charge in [0.15, 0.2) is 5.58 Å². The Labute approximate surface area is 199 Å². The largest absolute Gasteiger partial charge is 0.453 e. The Kier molecular flexibility index (Phi) is 4.08. The standard InChI is InChI=1S/C30H18N2O3/c33-32(34)27-16-7-5-12-21(27)23-13-8-14-24-25-18-17-22-20-11-4-6-15-26(20)31(19-9-2-1-3-10-19)28(22)30(25)35-29(23)24/h1-18H. The molecule has 5 aromatic carbocycles. The van der Waals surface area contributed by atoms with Crippen LogP contribution in [0.5, 0.6) is 0 Å². The SMILES string of the molecule is O=[N+]([O-])c1ccccc1-c1cccc2c1oc1c2ccc2c3ccccc3n(-c3ccccc3)c21. The van der Waals surface area contributed by atoms with E-state index in [4.69, 9.17) is 4.42 Å². The third-order valence-corrected chi connectivity index (χ3v) is 6.70. The average molecular weight is 454 g/mol. The molecule has 2 heterocycles. The second-order valence-corrected chi connectivity index (χ2v) is 8.59. The Bertz CT molecular complexity index is 1930. The van der Waals surface area contributed by atoms with Crippen molar-refractivity contribution in [3.8, 4) is 16.8 Å². The summed E-state index contributed by atoms with van der Waals surface area (Å²) in [7, 11) is 0. The van der Waals surface area contributed by atoms with Crippen LogP contribution < -0.4 is 0 Å². The van der Waals surface area contributed by atoms with Crippen LogP contribution in [0.4, 0.5) is 5.69 Å². The van der Waals surface area contributed by atoms with Gasteiger partial charge in [0.05, 0.1) is 21.5 Å². The van der Waals surface area contributed by atoms with E-state index in [2.05, 4.69) is 41.0 Å². The van der Waals surface area contributed by atoms with Crippen molar-refractivity contribution in [3.63, 3.8) is 0 Å². The van der Waals surface area contributed by atoms with E-state index in [1.807, 2.05) is 54.6 Å². The van der Waals surface area contributed by atoms with Crippen LogP contribution in [0.3, 0.4) is 0 Å². The molecule has 0 saturated heterocycles. The highest BCUT2D eigenvalue weighted by atomic mass is 16.6. The molecule has 7 aromatic rings. The molecule has 35 heavy (non-hydrogen) atoms. The fourth-order valence-electron chi connectivity index (χ4n) is 5.22. The van der Waals surface area contributed by atoms with Gasteiger partial charge >= 0.3 is 0 Å². The maximum atomic E-state index is 11.8. The number of hydrogen-bond acceptors (Lipinski definition) is 3.